The highest BCUT2D eigenvalue weighted by molar-refractivity contribution is 5.79. The Hall–Kier alpha value is -2.65. The van der Waals surface area contributed by atoms with Crippen LogP contribution in [0.4, 0.5) is 4.79 Å². The van der Waals surface area contributed by atoms with Crippen molar-refractivity contribution in [3.63, 3.8) is 0 Å². The molecule has 2 fully saturated rings. The molecule has 40 heavy (non-hydrogen) atoms. The SMILES string of the molecule is CCCCN(CCCCN(C)C)C(=O)C[N+]1(C(=O)O)CC(c2ccc3c(c2)CCO3)CC1CCN1CCCC1=O. The molecule has 3 aliphatic heterocycles. The summed E-state index contributed by atoms with van der Waals surface area (Å²) in [4.78, 5) is 45.3. The molecule has 3 atom stereocenters. The maximum absolute atomic E-state index is 13.9. The molecule has 0 aliphatic carbocycles. The fourth-order valence-corrected chi connectivity index (χ4v) is 6.74. The van der Waals surface area contributed by atoms with E-state index in [9.17, 15) is 19.5 Å². The molecule has 222 valence electrons. The number of carboxylic acid groups (broad SMARTS) is 1. The molecule has 2 saturated heterocycles. The number of carbonyl (C=O) groups is 3. The van der Waals surface area contributed by atoms with Gasteiger partial charge >= 0.3 is 6.09 Å². The summed E-state index contributed by atoms with van der Waals surface area (Å²) in [6, 6.07) is 6.02. The van der Waals surface area contributed by atoms with E-state index in [-0.39, 0.29) is 34.8 Å². The first kappa shape index (κ1) is 30.3. The lowest BCUT2D eigenvalue weighted by Crippen LogP contribution is -2.60. The number of likely N-dealkylation sites (tertiary alicyclic amines) is 2. The zero-order valence-corrected chi connectivity index (χ0v) is 24.8. The van der Waals surface area contributed by atoms with Crippen LogP contribution in [0.5, 0.6) is 5.75 Å². The molecule has 3 heterocycles. The van der Waals surface area contributed by atoms with Gasteiger partial charge in [-0.2, -0.15) is 4.79 Å². The third-order valence-electron chi connectivity index (χ3n) is 9.11. The zero-order chi connectivity index (χ0) is 28.7. The molecule has 4 rings (SSSR count). The van der Waals surface area contributed by atoms with Gasteiger partial charge in [-0.15, -0.1) is 0 Å². The van der Waals surface area contributed by atoms with E-state index in [0.717, 1.165) is 62.9 Å². The van der Waals surface area contributed by atoms with Crippen LogP contribution in [0.1, 0.15) is 75.3 Å². The topological polar surface area (TPSA) is 90.4 Å². The highest BCUT2D eigenvalue weighted by Gasteiger charge is 2.54. The lowest BCUT2D eigenvalue weighted by atomic mass is 9.93. The number of rotatable bonds is 14. The predicted molar refractivity (Wildman–Crippen MR) is 155 cm³/mol. The van der Waals surface area contributed by atoms with Crippen molar-refractivity contribution in [2.24, 2.45) is 0 Å². The second kappa shape index (κ2) is 13.8. The second-order valence-electron chi connectivity index (χ2n) is 12.2. The first-order chi connectivity index (χ1) is 19.2. The Morgan fingerprint density at radius 1 is 1.12 bits per heavy atom. The number of unbranched alkanes of at least 4 members (excludes halogenated alkanes) is 2. The van der Waals surface area contributed by atoms with Gasteiger partial charge in [-0.05, 0) is 63.5 Å². The monoisotopic (exact) mass is 557 g/mol. The standard InChI is InChI=1S/C31H48N4O5/c1-4-5-15-33(16-7-6-14-32(2)3)30(37)23-35(31(38)39)22-26(24-10-11-28-25(20-24)13-19-40-28)21-27(35)12-18-34-17-8-9-29(34)36/h10-11,20,26-27H,4-9,12-19,21-23H2,1-3H3/p+1. The second-order valence-corrected chi connectivity index (χ2v) is 12.2. The van der Waals surface area contributed by atoms with Crippen molar-refractivity contribution in [1.82, 2.24) is 14.7 Å². The van der Waals surface area contributed by atoms with Gasteiger partial charge in [-0.3, -0.25) is 9.59 Å². The lowest BCUT2D eigenvalue weighted by Gasteiger charge is -2.36. The summed E-state index contributed by atoms with van der Waals surface area (Å²) in [6.07, 6.45) is 6.45. The predicted octanol–water partition coefficient (Wildman–Crippen LogP) is 3.96. The number of quaternary nitrogens is 1. The largest absolute Gasteiger partial charge is 0.514 e. The summed E-state index contributed by atoms with van der Waals surface area (Å²) in [5.41, 5.74) is 2.31. The number of nitrogens with zero attached hydrogens (tertiary/aromatic N) is 4. The van der Waals surface area contributed by atoms with Gasteiger partial charge in [-0.1, -0.05) is 25.5 Å². The smallest absolute Gasteiger partial charge is 0.493 e. The Morgan fingerprint density at radius 3 is 2.60 bits per heavy atom. The van der Waals surface area contributed by atoms with Crippen molar-refractivity contribution in [3.05, 3.63) is 29.3 Å². The van der Waals surface area contributed by atoms with Gasteiger partial charge in [0.2, 0.25) is 5.91 Å². The van der Waals surface area contributed by atoms with Gasteiger partial charge < -0.3 is 24.5 Å². The highest BCUT2D eigenvalue weighted by atomic mass is 16.5. The van der Waals surface area contributed by atoms with E-state index < -0.39 is 6.09 Å². The number of ether oxygens (including phenoxy) is 1. The molecule has 1 aromatic carbocycles. The van der Waals surface area contributed by atoms with Crippen LogP contribution < -0.4 is 4.74 Å². The number of benzene rings is 1. The van der Waals surface area contributed by atoms with Crippen LogP contribution in [-0.2, 0) is 16.0 Å². The van der Waals surface area contributed by atoms with Crippen molar-refractivity contribution in [2.75, 3.05) is 66.5 Å². The van der Waals surface area contributed by atoms with E-state index in [0.29, 0.717) is 52.0 Å². The summed E-state index contributed by atoms with van der Waals surface area (Å²) >= 11 is 0. The molecule has 0 radical (unpaired) electrons. The Kier molecular flexibility index (Phi) is 10.5. The normalized spacial score (nSPS) is 24.0. The molecule has 1 N–H and O–H groups in total. The summed E-state index contributed by atoms with van der Waals surface area (Å²) in [5.74, 6) is 1.05. The summed E-state index contributed by atoms with van der Waals surface area (Å²) in [5, 5.41) is 10.8. The summed E-state index contributed by atoms with van der Waals surface area (Å²) in [7, 11) is 4.10. The van der Waals surface area contributed by atoms with Gasteiger partial charge in [0.05, 0.1) is 13.2 Å². The van der Waals surface area contributed by atoms with Crippen LogP contribution in [0, 0.1) is 0 Å². The van der Waals surface area contributed by atoms with Crippen LogP contribution in [0.3, 0.4) is 0 Å². The van der Waals surface area contributed by atoms with Crippen molar-refractivity contribution < 1.29 is 28.7 Å². The molecular formula is C31H49N4O5+. The number of carbonyl (C=O) groups excluding carboxylic acids is 2. The molecule has 0 aromatic heterocycles. The number of hydrogen-bond acceptors (Lipinski definition) is 5. The Labute approximate surface area is 239 Å². The molecule has 0 bridgehead atoms. The van der Waals surface area contributed by atoms with Crippen molar-refractivity contribution >= 4 is 17.9 Å². The minimum absolute atomic E-state index is 0.0319. The van der Waals surface area contributed by atoms with E-state index >= 15 is 0 Å². The van der Waals surface area contributed by atoms with E-state index in [1.54, 1.807) is 0 Å². The Balaban J connectivity index is 1.55. The van der Waals surface area contributed by atoms with Gasteiger partial charge in [0.15, 0.2) is 6.54 Å². The fourth-order valence-electron chi connectivity index (χ4n) is 6.74. The van der Waals surface area contributed by atoms with E-state index in [1.807, 2.05) is 15.9 Å². The lowest BCUT2D eigenvalue weighted by molar-refractivity contribution is -0.862. The van der Waals surface area contributed by atoms with E-state index in [2.05, 4.69) is 38.1 Å². The van der Waals surface area contributed by atoms with Gasteiger partial charge in [0.1, 0.15) is 11.8 Å². The van der Waals surface area contributed by atoms with Crippen molar-refractivity contribution in [2.45, 2.75) is 76.7 Å². The van der Waals surface area contributed by atoms with E-state index in [4.69, 9.17) is 4.74 Å². The maximum Gasteiger partial charge on any atom is 0.514 e. The van der Waals surface area contributed by atoms with Gasteiger partial charge in [-0.25, -0.2) is 4.48 Å². The van der Waals surface area contributed by atoms with Crippen molar-refractivity contribution in [1.29, 1.82) is 0 Å². The summed E-state index contributed by atoms with van der Waals surface area (Å²) in [6.45, 7) is 6.74. The Morgan fingerprint density at radius 2 is 1.90 bits per heavy atom. The van der Waals surface area contributed by atoms with Gasteiger partial charge in [0.25, 0.3) is 5.91 Å². The molecule has 9 nitrogen and oxygen atoms in total. The number of hydrogen-bond donors (Lipinski definition) is 1. The third-order valence-corrected chi connectivity index (χ3v) is 9.11. The van der Waals surface area contributed by atoms with Crippen LogP contribution in [0.25, 0.3) is 0 Å². The molecule has 0 saturated carbocycles. The minimum Gasteiger partial charge on any atom is -0.493 e. The Bertz CT molecular complexity index is 1050. The third kappa shape index (κ3) is 7.16. The molecule has 3 unspecified atom stereocenters. The average molecular weight is 558 g/mol. The van der Waals surface area contributed by atoms with Gasteiger partial charge in [0, 0.05) is 57.8 Å². The van der Waals surface area contributed by atoms with Crippen LogP contribution >= 0.6 is 0 Å². The number of fused-ring (bicyclic) bond motifs is 1. The maximum atomic E-state index is 13.9. The molecule has 1 aromatic rings. The molecule has 3 amide bonds. The zero-order valence-electron chi connectivity index (χ0n) is 24.8. The highest BCUT2D eigenvalue weighted by Crippen LogP contribution is 2.41. The summed E-state index contributed by atoms with van der Waals surface area (Å²) < 4.78 is 5.45. The van der Waals surface area contributed by atoms with E-state index in [1.165, 1.54) is 5.56 Å². The quantitative estimate of drug-likeness (QED) is 0.275. The minimum atomic E-state index is -0.929. The molecule has 0 spiro atoms. The van der Waals surface area contributed by atoms with Crippen LogP contribution in [0.2, 0.25) is 0 Å². The molecular weight excluding hydrogens is 508 g/mol. The van der Waals surface area contributed by atoms with Crippen LogP contribution in [-0.4, -0.2) is 115 Å². The average Bonchev–Trinajstić information content (AvgIpc) is 3.65. The fraction of sp³-hybridized carbons (Fsp3) is 0.710. The molecule has 9 heteroatoms. The molecule has 3 aliphatic rings. The number of amides is 3. The first-order valence-corrected chi connectivity index (χ1v) is 15.3. The first-order valence-electron chi connectivity index (χ1n) is 15.3. The van der Waals surface area contributed by atoms with Crippen LogP contribution in [0.15, 0.2) is 18.2 Å². The van der Waals surface area contributed by atoms with Crippen molar-refractivity contribution in [3.8, 4) is 5.75 Å².